The number of thioether (sulfide) groups is 1. The Morgan fingerprint density at radius 2 is 1.68 bits per heavy atom. The molecule has 0 spiro atoms. The number of carbonyl (C=O) groups is 2. The van der Waals surface area contributed by atoms with Gasteiger partial charge in [0.1, 0.15) is 0 Å². The van der Waals surface area contributed by atoms with Gasteiger partial charge in [-0.2, -0.15) is 5.01 Å². The zero-order chi connectivity index (χ0) is 17.6. The van der Waals surface area contributed by atoms with Crippen molar-refractivity contribution in [1.82, 2.24) is 10.4 Å². The summed E-state index contributed by atoms with van der Waals surface area (Å²) in [6.07, 6.45) is 5.39. The van der Waals surface area contributed by atoms with Crippen LogP contribution in [0.1, 0.15) is 15.9 Å². The number of benzene rings is 2. The normalized spacial score (nSPS) is 16.0. The number of amides is 2. The van der Waals surface area contributed by atoms with Gasteiger partial charge in [-0.3, -0.25) is 15.0 Å². The van der Waals surface area contributed by atoms with Gasteiger partial charge in [0.2, 0.25) is 0 Å². The van der Waals surface area contributed by atoms with Gasteiger partial charge in [-0.25, -0.2) is 0 Å². The van der Waals surface area contributed by atoms with E-state index >= 15 is 0 Å². The average Bonchev–Trinajstić information content (AvgIpc) is 2.91. The summed E-state index contributed by atoms with van der Waals surface area (Å²) >= 11 is 6.35. The Balaban J connectivity index is 1.69. The minimum absolute atomic E-state index is 0.300. The van der Waals surface area contributed by atoms with Crippen LogP contribution in [0.15, 0.2) is 77.7 Å². The molecule has 1 aliphatic heterocycles. The molecule has 0 saturated carbocycles. The quantitative estimate of drug-likeness (QED) is 0.661. The highest BCUT2D eigenvalue weighted by Crippen LogP contribution is 2.29. The first-order valence-electron chi connectivity index (χ1n) is 7.51. The van der Waals surface area contributed by atoms with Crippen molar-refractivity contribution in [2.75, 3.05) is 0 Å². The number of hydrazine groups is 1. The van der Waals surface area contributed by atoms with Gasteiger partial charge >= 0.3 is 0 Å². The number of thiocarbonyl (C=S) groups is 1. The highest BCUT2D eigenvalue weighted by Gasteiger charge is 2.33. The molecule has 1 saturated heterocycles. The summed E-state index contributed by atoms with van der Waals surface area (Å²) in [7, 11) is 0. The monoisotopic (exact) mass is 366 g/mol. The van der Waals surface area contributed by atoms with Crippen molar-refractivity contribution in [2.24, 2.45) is 0 Å². The van der Waals surface area contributed by atoms with Gasteiger partial charge in [0, 0.05) is 5.56 Å². The second-order valence-corrected chi connectivity index (χ2v) is 6.79. The number of allylic oxidation sites excluding steroid dienone is 2. The van der Waals surface area contributed by atoms with Gasteiger partial charge in [0.05, 0.1) is 4.91 Å². The number of hydrogen-bond donors (Lipinski definition) is 1. The number of hydrogen-bond acceptors (Lipinski definition) is 4. The van der Waals surface area contributed by atoms with Crippen LogP contribution in [0.2, 0.25) is 0 Å². The van der Waals surface area contributed by atoms with Crippen LogP contribution in [0.25, 0.3) is 6.08 Å². The third-order valence-corrected chi connectivity index (χ3v) is 4.70. The fourth-order valence-electron chi connectivity index (χ4n) is 2.14. The van der Waals surface area contributed by atoms with E-state index in [1.165, 1.54) is 0 Å². The largest absolute Gasteiger partial charge is 0.285 e. The predicted octanol–water partition coefficient (Wildman–Crippen LogP) is 3.79. The van der Waals surface area contributed by atoms with Gasteiger partial charge in [-0.05, 0) is 36.0 Å². The van der Waals surface area contributed by atoms with Gasteiger partial charge in [-0.15, -0.1) is 0 Å². The third kappa shape index (κ3) is 4.23. The summed E-state index contributed by atoms with van der Waals surface area (Å²) in [5.74, 6) is -0.713. The Bertz CT molecular complexity index is 862. The molecule has 25 heavy (non-hydrogen) atoms. The lowest BCUT2D eigenvalue weighted by molar-refractivity contribution is -0.123. The molecule has 0 unspecified atom stereocenters. The van der Waals surface area contributed by atoms with Crippen LogP contribution in [0.5, 0.6) is 0 Å². The van der Waals surface area contributed by atoms with Crippen LogP contribution in [0, 0.1) is 0 Å². The fraction of sp³-hybridized carbons (Fsp3) is 0. The van der Waals surface area contributed by atoms with E-state index < -0.39 is 0 Å². The van der Waals surface area contributed by atoms with Gasteiger partial charge in [0.25, 0.3) is 11.8 Å². The highest BCUT2D eigenvalue weighted by molar-refractivity contribution is 8.26. The summed E-state index contributed by atoms with van der Waals surface area (Å²) in [5, 5.41) is 1.11. The maximum Gasteiger partial charge on any atom is 0.285 e. The van der Waals surface area contributed by atoms with Gasteiger partial charge in [0.15, 0.2) is 4.32 Å². The molecule has 0 aliphatic carbocycles. The molecule has 6 heteroatoms. The smallest absolute Gasteiger partial charge is 0.267 e. The molecule has 124 valence electrons. The van der Waals surface area contributed by atoms with Crippen molar-refractivity contribution >= 4 is 46.2 Å². The summed E-state index contributed by atoms with van der Waals surface area (Å²) < 4.78 is 0.300. The molecular weight excluding hydrogens is 352 g/mol. The zero-order valence-electron chi connectivity index (χ0n) is 13.1. The zero-order valence-corrected chi connectivity index (χ0v) is 14.7. The number of nitrogens with one attached hydrogen (secondary N) is 1. The van der Waals surface area contributed by atoms with Crippen molar-refractivity contribution in [2.45, 2.75) is 0 Å². The molecule has 0 aromatic heterocycles. The van der Waals surface area contributed by atoms with Crippen LogP contribution in [0.4, 0.5) is 0 Å². The molecule has 4 nitrogen and oxygen atoms in total. The van der Waals surface area contributed by atoms with Crippen molar-refractivity contribution in [1.29, 1.82) is 0 Å². The van der Waals surface area contributed by atoms with E-state index in [1.54, 1.807) is 36.4 Å². The Labute approximate surface area is 155 Å². The standard InChI is InChI=1S/C19H14N2O2S2/c22-17(15-11-5-2-6-12-15)20-21-18(23)16(25-19(21)24)13-7-10-14-8-3-1-4-9-14/h1-13H,(H,20,22)/b10-7-,16-13-. The molecule has 0 atom stereocenters. The molecular formula is C19H14N2O2S2. The Kier molecular flexibility index (Phi) is 5.42. The molecule has 2 aromatic rings. The van der Waals surface area contributed by atoms with Crippen LogP contribution in [-0.2, 0) is 4.79 Å². The molecule has 1 aliphatic rings. The maximum atomic E-state index is 12.4. The SMILES string of the molecule is O=C(NN1C(=O)/C(=C/C=C\c2ccccc2)SC1=S)c1ccccc1. The lowest BCUT2D eigenvalue weighted by Crippen LogP contribution is -2.44. The number of rotatable bonds is 4. The molecule has 3 rings (SSSR count). The first kappa shape index (κ1) is 17.1. The minimum Gasteiger partial charge on any atom is -0.267 e. The van der Waals surface area contributed by atoms with Gasteiger partial charge in [-0.1, -0.05) is 72.4 Å². The van der Waals surface area contributed by atoms with E-state index in [4.69, 9.17) is 12.2 Å². The van der Waals surface area contributed by atoms with E-state index in [-0.39, 0.29) is 11.8 Å². The molecule has 0 radical (unpaired) electrons. The molecule has 1 N–H and O–H groups in total. The average molecular weight is 366 g/mol. The van der Waals surface area contributed by atoms with E-state index in [1.807, 2.05) is 42.5 Å². The lowest BCUT2D eigenvalue weighted by atomic mass is 10.2. The van der Waals surface area contributed by atoms with Crippen LogP contribution >= 0.6 is 24.0 Å². The summed E-state index contributed by atoms with van der Waals surface area (Å²) in [6, 6.07) is 18.4. The van der Waals surface area contributed by atoms with Crippen LogP contribution in [-0.4, -0.2) is 21.1 Å². The highest BCUT2D eigenvalue weighted by atomic mass is 32.2. The third-order valence-electron chi connectivity index (χ3n) is 3.38. The molecule has 2 aromatic carbocycles. The summed E-state index contributed by atoms with van der Waals surface area (Å²) in [6.45, 7) is 0. The van der Waals surface area contributed by atoms with E-state index in [0.717, 1.165) is 22.3 Å². The Morgan fingerprint density at radius 1 is 1.04 bits per heavy atom. The second kappa shape index (κ2) is 7.92. The van der Waals surface area contributed by atoms with Crippen molar-refractivity contribution in [3.63, 3.8) is 0 Å². The molecule has 1 fully saturated rings. The van der Waals surface area contributed by atoms with Crippen LogP contribution < -0.4 is 5.43 Å². The van der Waals surface area contributed by atoms with Crippen molar-refractivity contribution < 1.29 is 9.59 Å². The Hall–Kier alpha value is -2.70. The lowest BCUT2D eigenvalue weighted by Gasteiger charge is -2.15. The van der Waals surface area contributed by atoms with Crippen LogP contribution in [0.3, 0.4) is 0 Å². The molecule has 0 bridgehead atoms. The summed E-state index contributed by atoms with van der Waals surface area (Å²) in [5.41, 5.74) is 4.05. The second-order valence-electron chi connectivity index (χ2n) is 5.12. The van der Waals surface area contributed by atoms with Crippen molar-refractivity contribution in [3.05, 3.63) is 88.8 Å². The first-order chi connectivity index (χ1) is 12.1. The molecule has 1 heterocycles. The topological polar surface area (TPSA) is 49.4 Å². The van der Waals surface area contributed by atoms with E-state index in [0.29, 0.717) is 14.8 Å². The maximum absolute atomic E-state index is 12.4. The fourth-order valence-corrected chi connectivity index (χ4v) is 3.28. The predicted molar refractivity (Wildman–Crippen MR) is 105 cm³/mol. The number of carbonyl (C=O) groups excluding carboxylic acids is 2. The molecule has 2 amide bonds. The van der Waals surface area contributed by atoms with Crippen molar-refractivity contribution in [3.8, 4) is 0 Å². The minimum atomic E-state index is -0.377. The van der Waals surface area contributed by atoms with Gasteiger partial charge < -0.3 is 0 Å². The van der Waals surface area contributed by atoms with E-state index in [2.05, 4.69) is 5.43 Å². The Morgan fingerprint density at radius 3 is 2.36 bits per heavy atom. The summed E-state index contributed by atoms with van der Waals surface area (Å²) in [4.78, 5) is 25.1. The van der Waals surface area contributed by atoms with E-state index in [9.17, 15) is 9.59 Å². The first-order valence-corrected chi connectivity index (χ1v) is 8.73. The number of nitrogens with zero attached hydrogens (tertiary/aromatic N) is 1.